The van der Waals surface area contributed by atoms with Gasteiger partial charge in [0.1, 0.15) is 0 Å². The maximum absolute atomic E-state index is 13.0. The molecule has 1 aliphatic rings. The minimum atomic E-state index is -0.149. The van der Waals surface area contributed by atoms with E-state index in [0.717, 1.165) is 41.9 Å². The van der Waals surface area contributed by atoms with Crippen molar-refractivity contribution in [3.63, 3.8) is 0 Å². The van der Waals surface area contributed by atoms with Gasteiger partial charge in [-0.3, -0.25) is 15.1 Å². The Morgan fingerprint density at radius 1 is 1.14 bits per heavy atom. The van der Waals surface area contributed by atoms with Gasteiger partial charge in [0.2, 0.25) is 5.95 Å². The lowest BCUT2D eigenvalue weighted by Gasteiger charge is -2.21. The number of carbonyl (C=O) groups excluding carboxylic acids is 1. The van der Waals surface area contributed by atoms with Gasteiger partial charge < -0.3 is 9.88 Å². The summed E-state index contributed by atoms with van der Waals surface area (Å²) in [5, 5.41) is 6.60. The molecule has 2 aromatic heterocycles. The summed E-state index contributed by atoms with van der Waals surface area (Å²) in [5.74, 6) is 0.472. The summed E-state index contributed by atoms with van der Waals surface area (Å²) in [7, 11) is 0. The second-order valence-electron chi connectivity index (χ2n) is 7.69. The Labute approximate surface area is 165 Å². The second kappa shape index (κ2) is 7.72. The molecular weight excluding hydrogens is 350 g/mol. The number of carbonyl (C=O) groups is 1. The smallest absolute Gasteiger partial charge is 0.258 e. The molecule has 0 radical (unpaired) electrons. The number of fused-ring (bicyclic) bond motifs is 1. The molecule has 0 unspecified atom stereocenters. The molecule has 146 valence electrons. The number of anilines is 1. The van der Waals surface area contributed by atoms with E-state index in [4.69, 9.17) is 4.98 Å². The highest BCUT2D eigenvalue weighted by molar-refractivity contribution is 6.04. The number of nitrogens with one attached hydrogen (secondary N) is 2. The third-order valence-corrected chi connectivity index (χ3v) is 5.37. The number of aromatic nitrogens is 3. The SMILES string of the molecule is Cc1cc(C(=O)Nc2nc3cccc(C)c3n2[C@@H]2CCCCNC2)cc(C)n1. The first-order valence-corrected chi connectivity index (χ1v) is 9.98. The first kappa shape index (κ1) is 18.6. The molecule has 2 N–H and O–H groups in total. The molecule has 1 aliphatic heterocycles. The predicted octanol–water partition coefficient (Wildman–Crippen LogP) is 3.92. The zero-order valence-electron chi connectivity index (χ0n) is 16.7. The third-order valence-electron chi connectivity index (χ3n) is 5.37. The molecule has 1 fully saturated rings. The minimum Gasteiger partial charge on any atom is -0.315 e. The molecular formula is C22H27N5O. The Hall–Kier alpha value is -2.73. The van der Waals surface area contributed by atoms with Crippen LogP contribution < -0.4 is 10.6 Å². The van der Waals surface area contributed by atoms with Crippen molar-refractivity contribution in [3.8, 4) is 0 Å². The van der Waals surface area contributed by atoms with Crippen molar-refractivity contribution in [2.24, 2.45) is 0 Å². The molecule has 6 heteroatoms. The fourth-order valence-electron chi connectivity index (χ4n) is 4.13. The van der Waals surface area contributed by atoms with Crippen molar-refractivity contribution in [2.75, 3.05) is 18.4 Å². The van der Waals surface area contributed by atoms with Gasteiger partial charge in [0, 0.05) is 29.5 Å². The van der Waals surface area contributed by atoms with E-state index in [-0.39, 0.29) is 11.9 Å². The molecule has 0 aliphatic carbocycles. The number of pyridine rings is 1. The van der Waals surface area contributed by atoms with Crippen LogP contribution in [0.5, 0.6) is 0 Å². The summed E-state index contributed by atoms with van der Waals surface area (Å²) in [4.78, 5) is 22.1. The summed E-state index contributed by atoms with van der Waals surface area (Å²) < 4.78 is 2.22. The second-order valence-corrected chi connectivity index (χ2v) is 7.69. The molecule has 0 spiro atoms. The van der Waals surface area contributed by atoms with E-state index in [1.165, 1.54) is 18.4 Å². The normalized spacial score (nSPS) is 17.5. The maximum Gasteiger partial charge on any atom is 0.258 e. The highest BCUT2D eigenvalue weighted by Gasteiger charge is 2.23. The summed E-state index contributed by atoms with van der Waals surface area (Å²) in [6.45, 7) is 7.83. The van der Waals surface area contributed by atoms with Gasteiger partial charge in [0.15, 0.2) is 0 Å². The standard InChI is InChI=1S/C22H27N5O/c1-14-7-6-9-19-20(14)27(18-8-4-5-10-23-13-18)22(25-19)26-21(28)17-11-15(2)24-16(3)12-17/h6-7,9,11-12,18,23H,4-5,8,10,13H2,1-3H3,(H,25,26,28)/t18-/m1/s1. The number of hydrogen-bond acceptors (Lipinski definition) is 4. The van der Waals surface area contributed by atoms with Crippen LogP contribution >= 0.6 is 0 Å². The maximum atomic E-state index is 13.0. The van der Waals surface area contributed by atoms with Gasteiger partial charge in [0.25, 0.3) is 5.91 Å². The molecule has 1 atom stereocenters. The molecule has 3 aromatic rings. The molecule has 1 amide bonds. The zero-order valence-corrected chi connectivity index (χ0v) is 16.7. The van der Waals surface area contributed by atoms with Crippen LogP contribution in [-0.4, -0.2) is 33.5 Å². The fraction of sp³-hybridized carbons (Fsp3) is 0.409. The van der Waals surface area contributed by atoms with E-state index in [1.807, 2.05) is 38.1 Å². The molecule has 6 nitrogen and oxygen atoms in total. The van der Waals surface area contributed by atoms with Crippen molar-refractivity contribution in [2.45, 2.75) is 46.1 Å². The summed E-state index contributed by atoms with van der Waals surface area (Å²) in [6.07, 6.45) is 3.42. The van der Waals surface area contributed by atoms with Crippen molar-refractivity contribution < 1.29 is 4.79 Å². The molecule has 28 heavy (non-hydrogen) atoms. The Morgan fingerprint density at radius 3 is 2.71 bits per heavy atom. The quantitative estimate of drug-likeness (QED) is 0.726. The van der Waals surface area contributed by atoms with Gasteiger partial charge in [-0.25, -0.2) is 4.98 Å². The van der Waals surface area contributed by atoms with Crippen LogP contribution in [0.3, 0.4) is 0 Å². The van der Waals surface area contributed by atoms with Gasteiger partial charge in [-0.05, 0) is 63.9 Å². The fourth-order valence-corrected chi connectivity index (χ4v) is 4.13. The predicted molar refractivity (Wildman–Crippen MR) is 112 cm³/mol. The van der Waals surface area contributed by atoms with Crippen LogP contribution in [0.4, 0.5) is 5.95 Å². The van der Waals surface area contributed by atoms with E-state index >= 15 is 0 Å². The lowest BCUT2D eigenvalue weighted by atomic mass is 10.1. The molecule has 3 heterocycles. The van der Waals surface area contributed by atoms with Gasteiger partial charge in [0.05, 0.1) is 11.0 Å². The Balaban J connectivity index is 1.76. The Bertz CT molecular complexity index is 995. The van der Waals surface area contributed by atoms with Crippen LogP contribution in [-0.2, 0) is 0 Å². The van der Waals surface area contributed by atoms with Gasteiger partial charge in [-0.1, -0.05) is 18.6 Å². The van der Waals surface area contributed by atoms with Crippen LogP contribution in [0.1, 0.15) is 52.6 Å². The first-order valence-electron chi connectivity index (χ1n) is 9.98. The average molecular weight is 377 g/mol. The number of nitrogens with zero attached hydrogens (tertiary/aromatic N) is 3. The summed E-state index contributed by atoms with van der Waals surface area (Å²) in [6, 6.07) is 10.0. The van der Waals surface area contributed by atoms with Crippen LogP contribution in [0.25, 0.3) is 11.0 Å². The average Bonchev–Trinajstić information content (AvgIpc) is 2.82. The van der Waals surface area contributed by atoms with Gasteiger partial charge >= 0.3 is 0 Å². The number of rotatable bonds is 3. The van der Waals surface area contributed by atoms with Crippen molar-refractivity contribution in [3.05, 3.63) is 52.8 Å². The lowest BCUT2D eigenvalue weighted by molar-refractivity contribution is 0.102. The van der Waals surface area contributed by atoms with Crippen LogP contribution in [0.2, 0.25) is 0 Å². The van der Waals surface area contributed by atoms with E-state index < -0.39 is 0 Å². The Kier molecular flexibility index (Phi) is 5.13. The van der Waals surface area contributed by atoms with Crippen LogP contribution in [0.15, 0.2) is 30.3 Å². The third kappa shape index (κ3) is 3.64. The van der Waals surface area contributed by atoms with Crippen molar-refractivity contribution >= 4 is 22.9 Å². The van der Waals surface area contributed by atoms with E-state index in [2.05, 4.69) is 33.2 Å². The molecule has 0 saturated carbocycles. The highest BCUT2D eigenvalue weighted by Crippen LogP contribution is 2.30. The molecule has 0 bridgehead atoms. The number of imidazole rings is 1. The zero-order chi connectivity index (χ0) is 19.7. The van der Waals surface area contributed by atoms with Gasteiger partial charge in [-0.2, -0.15) is 0 Å². The number of benzene rings is 1. The summed E-state index contributed by atoms with van der Waals surface area (Å²) in [5.41, 5.74) is 5.48. The Morgan fingerprint density at radius 2 is 1.93 bits per heavy atom. The number of aryl methyl sites for hydroxylation is 3. The number of para-hydroxylation sites is 1. The lowest BCUT2D eigenvalue weighted by Crippen LogP contribution is -2.25. The topological polar surface area (TPSA) is 71.8 Å². The molecule has 1 saturated heterocycles. The molecule has 4 rings (SSSR count). The van der Waals surface area contributed by atoms with Crippen LogP contribution in [0, 0.1) is 20.8 Å². The molecule has 1 aromatic carbocycles. The monoisotopic (exact) mass is 377 g/mol. The minimum absolute atomic E-state index is 0.149. The van der Waals surface area contributed by atoms with Crippen molar-refractivity contribution in [1.29, 1.82) is 0 Å². The highest BCUT2D eigenvalue weighted by atomic mass is 16.1. The van der Waals surface area contributed by atoms with E-state index in [9.17, 15) is 4.79 Å². The van der Waals surface area contributed by atoms with E-state index in [0.29, 0.717) is 11.5 Å². The summed E-state index contributed by atoms with van der Waals surface area (Å²) >= 11 is 0. The van der Waals surface area contributed by atoms with E-state index in [1.54, 1.807) is 0 Å². The first-order chi connectivity index (χ1) is 13.5. The van der Waals surface area contributed by atoms with Gasteiger partial charge in [-0.15, -0.1) is 0 Å². The number of hydrogen-bond donors (Lipinski definition) is 2. The number of amides is 1. The largest absolute Gasteiger partial charge is 0.315 e. The van der Waals surface area contributed by atoms with Crippen molar-refractivity contribution in [1.82, 2.24) is 19.9 Å².